The minimum Gasteiger partial charge on any atom is -0.447 e. The van der Waals surface area contributed by atoms with E-state index in [9.17, 15) is 9.59 Å². The number of unbranched alkanes of at least 4 members (excludes halogenated alkanes) is 33. The topological polar surface area (TPSA) is 148 Å². The van der Waals surface area contributed by atoms with Crippen LogP contribution in [0.15, 0.2) is 0 Å². The van der Waals surface area contributed by atoms with Gasteiger partial charge in [-0.05, 0) is 25.7 Å². The van der Waals surface area contributed by atoms with Crippen LogP contribution in [0.25, 0.3) is 0 Å². The first-order valence-corrected chi connectivity index (χ1v) is 26.4. The lowest BCUT2D eigenvalue weighted by Crippen LogP contribution is -2.49. The van der Waals surface area contributed by atoms with Crippen LogP contribution in [-0.2, 0) is 19.0 Å². The molecular weight excluding hydrogens is 763 g/mol. The summed E-state index contributed by atoms with van der Waals surface area (Å²) >= 11 is 0. The van der Waals surface area contributed by atoms with Crippen molar-refractivity contribution < 1.29 is 23.8 Å². The third kappa shape index (κ3) is 45.8. The van der Waals surface area contributed by atoms with Crippen LogP contribution in [0.3, 0.4) is 0 Å². The number of alkyl carbamates (subject to hydrolysis) is 1. The average Bonchev–Trinajstić information content (AvgIpc) is 3.25. The lowest BCUT2D eigenvalue weighted by Gasteiger charge is -2.21. The lowest BCUT2D eigenvalue weighted by molar-refractivity contribution is -0.123. The number of guanidine groups is 1. The minimum atomic E-state index is -0.806. The highest BCUT2D eigenvalue weighted by Crippen LogP contribution is 2.15. The summed E-state index contributed by atoms with van der Waals surface area (Å²) < 4.78 is 17.9. The summed E-state index contributed by atoms with van der Waals surface area (Å²) in [6.45, 7) is 9.36. The van der Waals surface area contributed by atoms with E-state index in [2.05, 4.69) is 36.7 Å². The number of nitrogens with two attached hydrogens (primary N) is 1. The molecule has 2 atom stereocenters. The molecule has 2 unspecified atom stereocenters. The van der Waals surface area contributed by atoms with Crippen LogP contribution in [0.5, 0.6) is 0 Å². The summed E-state index contributed by atoms with van der Waals surface area (Å²) in [5.74, 6) is -0.425. The molecule has 0 saturated carbocycles. The Hall–Kier alpha value is -2.07. The summed E-state index contributed by atoms with van der Waals surface area (Å²) in [4.78, 5) is 26.2. The number of nitrogens with one attached hydrogen (secondary N) is 4. The molecule has 0 spiro atoms. The van der Waals surface area contributed by atoms with Gasteiger partial charge >= 0.3 is 6.09 Å². The van der Waals surface area contributed by atoms with Crippen molar-refractivity contribution in [3.63, 3.8) is 0 Å². The normalized spacial score (nSPS) is 12.3. The minimum absolute atomic E-state index is 0.0570. The number of ether oxygens (including phenoxy) is 3. The van der Waals surface area contributed by atoms with Gasteiger partial charge in [0.15, 0.2) is 5.96 Å². The van der Waals surface area contributed by atoms with Gasteiger partial charge in [-0.3, -0.25) is 10.2 Å². The number of carbonyl (C=O) groups is 2. The van der Waals surface area contributed by atoms with Gasteiger partial charge in [-0.1, -0.05) is 233 Å². The highest BCUT2D eigenvalue weighted by atomic mass is 16.6. The molecule has 0 heterocycles. The SMILES string of the molecule is CCCCCCCCCCCCCCNC(=O)C(CCNC(=N)N)NC(=O)OCC(COCCCCCCCCCCCCCC)OCCCCCCCCCCCCCC. The molecule has 0 aliphatic rings. The molecule has 0 bridgehead atoms. The van der Waals surface area contributed by atoms with E-state index >= 15 is 0 Å². The van der Waals surface area contributed by atoms with Crippen LogP contribution in [0, 0.1) is 5.41 Å². The van der Waals surface area contributed by atoms with Gasteiger partial charge in [0.2, 0.25) is 5.91 Å². The predicted molar refractivity (Wildman–Crippen MR) is 260 cm³/mol. The van der Waals surface area contributed by atoms with Crippen LogP contribution < -0.4 is 21.7 Å². The fraction of sp³-hybridized carbons (Fsp3) is 0.941. The molecule has 61 heavy (non-hydrogen) atoms. The Morgan fingerprint density at radius 2 is 0.852 bits per heavy atom. The molecule has 2 amide bonds. The molecule has 0 aromatic heterocycles. The van der Waals surface area contributed by atoms with Crippen LogP contribution in [0.4, 0.5) is 4.79 Å². The Labute approximate surface area is 377 Å². The zero-order chi connectivity index (χ0) is 44.5. The van der Waals surface area contributed by atoms with Crippen LogP contribution in [0.2, 0.25) is 0 Å². The van der Waals surface area contributed by atoms with E-state index in [1.165, 1.54) is 199 Å². The first-order valence-electron chi connectivity index (χ1n) is 26.4. The van der Waals surface area contributed by atoms with Gasteiger partial charge in [0.1, 0.15) is 18.8 Å². The Kier molecular flexibility index (Phi) is 47.3. The molecule has 0 saturated heterocycles. The fourth-order valence-corrected chi connectivity index (χ4v) is 7.87. The van der Waals surface area contributed by atoms with Gasteiger partial charge in [-0.25, -0.2) is 4.79 Å². The van der Waals surface area contributed by atoms with Crippen molar-refractivity contribution in [2.75, 3.05) is 39.5 Å². The summed E-state index contributed by atoms with van der Waals surface area (Å²) in [7, 11) is 0. The standard InChI is InChI=1S/C51H103N5O5/c1-4-7-10-13-16-19-22-25-28-31-34-37-41-54-49(57)48(40-42-55-50(52)53)56-51(58)61-46-47(60-44-39-36-33-30-27-24-21-18-15-12-9-6-3)45-59-43-38-35-32-29-26-23-20-17-14-11-8-5-2/h47-48H,4-46H2,1-3H3,(H,54,57)(H,56,58)(H4,52,53,55). The van der Waals surface area contributed by atoms with Crippen molar-refractivity contribution in [3.05, 3.63) is 0 Å². The molecular formula is C51H103N5O5. The van der Waals surface area contributed by atoms with Crippen molar-refractivity contribution in [1.29, 1.82) is 5.41 Å². The molecule has 0 aliphatic heterocycles. The number of rotatable bonds is 49. The molecule has 0 fully saturated rings. The molecule has 6 N–H and O–H groups in total. The number of amides is 2. The van der Waals surface area contributed by atoms with Crippen LogP contribution in [0.1, 0.15) is 258 Å². The second-order valence-corrected chi connectivity index (χ2v) is 18.0. The predicted octanol–water partition coefficient (Wildman–Crippen LogP) is 13.6. The van der Waals surface area contributed by atoms with Gasteiger partial charge < -0.3 is 35.9 Å². The smallest absolute Gasteiger partial charge is 0.407 e. The van der Waals surface area contributed by atoms with Crippen molar-refractivity contribution in [2.45, 2.75) is 270 Å². The zero-order valence-electron chi connectivity index (χ0n) is 40.7. The Morgan fingerprint density at radius 1 is 0.475 bits per heavy atom. The highest BCUT2D eigenvalue weighted by Gasteiger charge is 2.22. The summed E-state index contributed by atoms with van der Waals surface area (Å²) in [5.41, 5.74) is 5.48. The summed E-state index contributed by atoms with van der Waals surface area (Å²) in [5, 5.41) is 16.0. The molecule has 0 aliphatic carbocycles. The van der Waals surface area contributed by atoms with Crippen LogP contribution >= 0.6 is 0 Å². The molecule has 0 aromatic rings. The second-order valence-electron chi connectivity index (χ2n) is 18.0. The monoisotopic (exact) mass is 866 g/mol. The Morgan fingerprint density at radius 3 is 1.26 bits per heavy atom. The Balaban J connectivity index is 4.68. The molecule has 0 radical (unpaired) electrons. The maximum atomic E-state index is 13.2. The van der Waals surface area contributed by atoms with Crippen molar-refractivity contribution >= 4 is 18.0 Å². The van der Waals surface area contributed by atoms with Gasteiger partial charge in [-0.15, -0.1) is 0 Å². The maximum Gasteiger partial charge on any atom is 0.407 e. The lowest BCUT2D eigenvalue weighted by atomic mass is 10.1. The first-order chi connectivity index (χ1) is 29.9. The van der Waals surface area contributed by atoms with Crippen molar-refractivity contribution in [1.82, 2.24) is 16.0 Å². The van der Waals surface area contributed by atoms with E-state index in [0.29, 0.717) is 26.4 Å². The second kappa shape index (κ2) is 49.0. The molecule has 10 nitrogen and oxygen atoms in total. The fourth-order valence-electron chi connectivity index (χ4n) is 7.87. The van der Waals surface area contributed by atoms with E-state index in [-0.39, 0.29) is 37.5 Å². The molecule has 362 valence electrons. The van der Waals surface area contributed by atoms with E-state index in [0.717, 1.165) is 32.1 Å². The van der Waals surface area contributed by atoms with E-state index in [1.54, 1.807) is 0 Å². The third-order valence-electron chi connectivity index (χ3n) is 11.9. The van der Waals surface area contributed by atoms with Crippen molar-refractivity contribution in [2.24, 2.45) is 5.73 Å². The Bertz CT molecular complexity index is 941. The van der Waals surface area contributed by atoms with E-state index in [1.807, 2.05) is 0 Å². The molecule has 0 aromatic carbocycles. The zero-order valence-corrected chi connectivity index (χ0v) is 40.7. The van der Waals surface area contributed by atoms with Gasteiger partial charge in [0, 0.05) is 26.3 Å². The molecule has 0 rings (SSSR count). The highest BCUT2D eigenvalue weighted by molar-refractivity contribution is 5.85. The summed E-state index contributed by atoms with van der Waals surface area (Å²) in [6, 6.07) is -0.806. The molecule has 10 heteroatoms. The quantitative estimate of drug-likeness (QED) is 0.0232. The van der Waals surface area contributed by atoms with Gasteiger partial charge in [0.05, 0.1) is 6.61 Å². The van der Waals surface area contributed by atoms with Crippen LogP contribution in [-0.4, -0.2) is 69.6 Å². The van der Waals surface area contributed by atoms with E-state index < -0.39 is 12.1 Å². The van der Waals surface area contributed by atoms with Gasteiger partial charge in [-0.2, -0.15) is 0 Å². The summed E-state index contributed by atoms with van der Waals surface area (Å²) in [6.07, 6.45) is 45.4. The number of hydrogen-bond acceptors (Lipinski definition) is 6. The van der Waals surface area contributed by atoms with Gasteiger partial charge in [0.25, 0.3) is 0 Å². The average molecular weight is 866 g/mol. The van der Waals surface area contributed by atoms with Crippen molar-refractivity contribution in [3.8, 4) is 0 Å². The number of carbonyl (C=O) groups excluding carboxylic acids is 2. The first kappa shape index (κ1) is 58.9. The third-order valence-corrected chi connectivity index (χ3v) is 11.9. The number of hydrogen-bond donors (Lipinski definition) is 5. The largest absolute Gasteiger partial charge is 0.447 e. The van der Waals surface area contributed by atoms with E-state index in [4.69, 9.17) is 25.4 Å². The maximum absolute atomic E-state index is 13.2.